The fourth-order valence-corrected chi connectivity index (χ4v) is 2.45. The molecule has 0 atom stereocenters. The predicted molar refractivity (Wildman–Crippen MR) is 74.9 cm³/mol. The standard InChI is InChI=1S/C14H13NO3S/c1-18-10-3-2-4-11(8-10)19-13-6-5-9(14(16)17)7-12(13)15/h2-8H,15H2,1H3,(H,16,17). The van der Waals surface area contributed by atoms with Crippen LogP contribution < -0.4 is 10.5 Å². The van der Waals surface area contributed by atoms with Crippen molar-refractivity contribution < 1.29 is 14.6 Å². The summed E-state index contributed by atoms with van der Waals surface area (Å²) >= 11 is 1.47. The van der Waals surface area contributed by atoms with Crippen LogP contribution in [0.5, 0.6) is 5.75 Å². The molecule has 0 bridgehead atoms. The van der Waals surface area contributed by atoms with E-state index in [2.05, 4.69) is 0 Å². The first-order chi connectivity index (χ1) is 9.10. The minimum absolute atomic E-state index is 0.187. The van der Waals surface area contributed by atoms with Gasteiger partial charge in [-0.2, -0.15) is 0 Å². The maximum Gasteiger partial charge on any atom is 0.335 e. The summed E-state index contributed by atoms with van der Waals surface area (Å²) in [6.07, 6.45) is 0. The topological polar surface area (TPSA) is 72.5 Å². The van der Waals surface area contributed by atoms with Gasteiger partial charge in [0.15, 0.2) is 0 Å². The van der Waals surface area contributed by atoms with Crippen LogP contribution in [0.2, 0.25) is 0 Å². The van der Waals surface area contributed by atoms with Crippen molar-refractivity contribution in [2.75, 3.05) is 12.8 Å². The Morgan fingerprint density at radius 1 is 1.26 bits per heavy atom. The first kappa shape index (κ1) is 13.3. The number of carboxylic acid groups (broad SMARTS) is 1. The van der Waals surface area contributed by atoms with Gasteiger partial charge in [-0.1, -0.05) is 17.8 Å². The van der Waals surface area contributed by atoms with Gasteiger partial charge in [0.25, 0.3) is 0 Å². The molecule has 0 radical (unpaired) electrons. The third kappa shape index (κ3) is 3.20. The van der Waals surface area contributed by atoms with E-state index in [0.29, 0.717) is 5.69 Å². The van der Waals surface area contributed by atoms with Crippen molar-refractivity contribution in [3.63, 3.8) is 0 Å². The molecule has 0 saturated heterocycles. The van der Waals surface area contributed by atoms with Gasteiger partial charge in [0.1, 0.15) is 5.75 Å². The Labute approximate surface area is 115 Å². The molecule has 0 heterocycles. The van der Waals surface area contributed by atoms with E-state index in [1.165, 1.54) is 17.8 Å². The van der Waals surface area contributed by atoms with Gasteiger partial charge in [-0.3, -0.25) is 0 Å². The number of ether oxygens (including phenoxy) is 1. The third-order valence-corrected chi connectivity index (χ3v) is 3.61. The van der Waals surface area contributed by atoms with Crippen molar-refractivity contribution in [2.45, 2.75) is 9.79 Å². The Morgan fingerprint density at radius 2 is 2.05 bits per heavy atom. The van der Waals surface area contributed by atoms with E-state index in [1.807, 2.05) is 24.3 Å². The summed E-state index contributed by atoms with van der Waals surface area (Å²) in [7, 11) is 1.61. The molecule has 0 aliphatic rings. The van der Waals surface area contributed by atoms with Crippen LogP contribution in [0, 0.1) is 0 Å². The maximum atomic E-state index is 10.8. The lowest BCUT2D eigenvalue weighted by Crippen LogP contribution is -1.98. The summed E-state index contributed by atoms with van der Waals surface area (Å²) in [5.74, 6) is -0.213. The number of nitrogen functional groups attached to an aromatic ring is 1. The van der Waals surface area contributed by atoms with E-state index in [0.717, 1.165) is 15.5 Å². The first-order valence-electron chi connectivity index (χ1n) is 5.55. The summed E-state index contributed by atoms with van der Waals surface area (Å²) < 4.78 is 5.15. The van der Waals surface area contributed by atoms with Crippen molar-refractivity contribution in [2.24, 2.45) is 0 Å². The molecule has 0 saturated carbocycles. The summed E-state index contributed by atoms with van der Waals surface area (Å²) in [4.78, 5) is 12.6. The van der Waals surface area contributed by atoms with Crippen LogP contribution in [0.3, 0.4) is 0 Å². The highest BCUT2D eigenvalue weighted by Gasteiger charge is 2.07. The fraction of sp³-hybridized carbons (Fsp3) is 0.0714. The van der Waals surface area contributed by atoms with Crippen molar-refractivity contribution in [1.29, 1.82) is 0 Å². The second-order valence-corrected chi connectivity index (χ2v) is 4.95. The van der Waals surface area contributed by atoms with Crippen molar-refractivity contribution in [1.82, 2.24) is 0 Å². The SMILES string of the molecule is COc1cccc(Sc2ccc(C(=O)O)cc2N)c1. The molecule has 0 amide bonds. The number of aromatic carboxylic acids is 1. The summed E-state index contributed by atoms with van der Waals surface area (Å²) in [5.41, 5.74) is 6.50. The lowest BCUT2D eigenvalue weighted by atomic mass is 10.2. The molecule has 0 aliphatic heterocycles. The molecule has 0 unspecified atom stereocenters. The zero-order chi connectivity index (χ0) is 13.8. The second-order valence-electron chi connectivity index (χ2n) is 3.84. The van der Waals surface area contributed by atoms with Gasteiger partial charge < -0.3 is 15.6 Å². The summed E-state index contributed by atoms with van der Waals surface area (Å²) in [6, 6.07) is 12.3. The number of hydrogen-bond acceptors (Lipinski definition) is 4. The number of anilines is 1. The van der Waals surface area contributed by atoms with Crippen molar-refractivity contribution in [3.8, 4) is 5.75 Å². The minimum atomic E-state index is -0.982. The maximum absolute atomic E-state index is 10.8. The quantitative estimate of drug-likeness (QED) is 0.839. The van der Waals surface area contributed by atoms with Gasteiger partial charge in [-0.15, -0.1) is 0 Å². The Hall–Kier alpha value is -2.14. The Kier molecular flexibility index (Phi) is 3.97. The van der Waals surface area contributed by atoms with E-state index in [4.69, 9.17) is 15.6 Å². The van der Waals surface area contributed by atoms with Gasteiger partial charge in [0.05, 0.1) is 12.7 Å². The largest absolute Gasteiger partial charge is 0.497 e. The third-order valence-electron chi connectivity index (χ3n) is 2.53. The minimum Gasteiger partial charge on any atom is -0.497 e. The molecule has 2 aromatic rings. The Bertz CT molecular complexity index is 613. The number of carbonyl (C=O) groups is 1. The smallest absolute Gasteiger partial charge is 0.335 e. The average Bonchev–Trinajstić information content (AvgIpc) is 2.41. The van der Waals surface area contributed by atoms with Crippen LogP contribution in [0.1, 0.15) is 10.4 Å². The zero-order valence-corrected chi connectivity index (χ0v) is 11.1. The van der Waals surface area contributed by atoms with Crippen LogP contribution in [-0.2, 0) is 0 Å². The molecular formula is C14H13NO3S. The van der Waals surface area contributed by atoms with Gasteiger partial charge in [0.2, 0.25) is 0 Å². The van der Waals surface area contributed by atoms with Crippen LogP contribution in [-0.4, -0.2) is 18.2 Å². The van der Waals surface area contributed by atoms with Crippen LogP contribution >= 0.6 is 11.8 Å². The molecular weight excluding hydrogens is 262 g/mol. The highest BCUT2D eigenvalue weighted by Crippen LogP contribution is 2.34. The van der Waals surface area contributed by atoms with E-state index in [-0.39, 0.29) is 5.56 Å². The molecule has 3 N–H and O–H groups in total. The predicted octanol–water partition coefficient (Wildman–Crippen LogP) is 3.13. The number of rotatable bonds is 4. The second kappa shape index (κ2) is 5.67. The van der Waals surface area contributed by atoms with Gasteiger partial charge in [-0.05, 0) is 36.4 Å². The highest BCUT2D eigenvalue weighted by molar-refractivity contribution is 7.99. The van der Waals surface area contributed by atoms with Crippen molar-refractivity contribution >= 4 is 23.4 Å². The number of carboxylic acids is 1. The normalized spacial score (nSPS) is 10.2. The summed E-state index contributed by atoms with van der Waals surface area (Å²) in [5, 5.41) is 8.88. The number of benzene rings is 2. The van der Waals surface area contributed by atoms with Crippen LogP contribution in [0.4, 0.5) is 5.69 Å². The lowest BCUT2D eigenvalue weighted by Gasteiger charge is -2.07. The lowest BCUT2D eigenvalue weighted by molar-refractivity contribution is 0.0697. The van der Waals surface area contributed by atoms with Gasteiger partial charge in [0, 0.05) is 15.5 Å². The fourth-order valence-electron chi connectivity index (χ4n) is 1.57. The Morgan fingerprint density at radius 3 is 2.68 bits per heavy atom. The molecule has 0 fully saturated rings. The van der Waals surface area contributed by atoms with E-state index < -0.39 is 5.97 Å². The zero-order valence-electron chi connectivity index (χ0n) is 10.3. The van der Waals surface area contributed by atoms with Gasteiger partial charge in [-0.25, -0.2) is 4.79 Å². The monoisotopic (exact) mass is 275 g/mol. The van der Waals surface area contributed by atoms with Crippen LogP contribution in [0.15, 0.2) is 52.3 Å². The number of hydrogen-bond donors (Lipinski definition) is 2. The van der Waals surface area contributed by atoms with E-state index in [1.54, 1.807) is 19.2 Å². The van der Waals surface area contributed by atoms with E-state index >= 15 is 0 Å². The highest BCUT2D eigenvalue weighted by atomic mass is 32.2. The molecule has 19 heavy (non-hydrogen) atoms. The molecule has 2 aromatic carbocycles. The molecule has 0 aromatic heterocycles. The van der Waals surface area contributed by atoms with Crippen molar-refractivity contribution in [3.05, 3.63) is 48.0 Å². The van der Waals surface area contributed by atoms with Gasteiger partial charge >= 0.3 is 5.97 Å². The molecule has 0 spiro atoms. The number of methoxy groups -OCH3 is 1. The first-order valence-corrected chi connectivity index (χ1v) is 6.36. The summed E-state index contributed by atoms with van der Waals surface area (Å²) in [6.45, 7) is 0. The average molecular weight is 275 g/mol. The molecule has 0 aliphatic carbocycles. The number of nitrogens with two attached hydrogens (primary N) is 1. The molecule has 98 valence electrons. The Balaban J connectivity index is 2.25. The van der Waals surface area contributed by atoms with Crippen LogP contribution in [0.25, 0.3) is 0 Å². The molecule has 2 rings (SSSR count). The molecule has 5 heteroatoms. The molecule has 4 nitrogen and oxygen atoms in total. The van der Waals surface area contributed by atoms with E-state index in [9.17, 15) is 4.79 Å².